The van der Waals surface area contributed by atoms with Crippen LogP contribution in [0.3, 0.4) is 0 Å². The second-order valence-electron chi connectivity index (χ2n) is 5.31. The van der Waals surface area contributed by atoms with E-state index in [1.54, 1.807) is 24.3 Å². The summed E-state index contributed by atoms with van der Waals surface area (Å²) < 4.78 is 42.9. The first-order valence-corrected chi connectivity index (χ1v) is 7.44. The summed E-state index contributed by atoms with van der Waals surface area (Å²) in [5.41, 5.74) is 0.938. The van der Waals surface area contributed by atoms with E-state index < -0.39 is 12.5 Å². The smallest absolute Gasteiger partial charge is 0.338 e. The highest BCUT2D eigenvalue weighted by atomic mass is 19.3. The van der Waals surface area contributed by atoms with Crippen molar-refractivity contribution in [1.82, 2.24) is 9.55 Å². The summed E-state index contributed by atoms with van der Waals surface area (Å²) in [5.74, 6) is 0.293. The molecule has 1 aliphatic rings. The molecule has 0 radical (unpaired) electrons. The molecule has 1 aromatic heterocycles. The number of rotatable bonds is 4. The molecule has 0 saturated heterocycles. The van der Waals surface area contributed by atoms with Crippen molar-refractivity contribution in [2.24, 2.45) is 0 Å². The molecule has 6 nitrogen and oxygen atoms in total. The predicted molar refractivity (Wildman–Crippen MR) is 82.7 cm³/mol. The van der Waals surface area contributed by atoms with E-state index in [1.165, 1.54) is 18.2 Å². The lowest BCUT2D eigenvalue weighted by Gasteiger charge is -2.09. The van der Waals surface area contributed by atoms with Crippen LogP contribution in [0.2, 0.25) is 0 Å². The minimum atomic E-state index is -2.79. The van der Waals surface area contributed by atoms with Gasteiger partial charge in [-0.1, -0.05) is 12.1 Å². The number of benzene rings is 2. The second-order valence-corrected chi connectivity index (χ2v) is 5.31. The highest BCUT2D eigenvalue weighted by Gasteiger charge is 2.20. The van der Waals surface area contributed by atoms with Gasteiger partial charge >= 0.3 is 12.5 Å². The maximum Gasteiger partial charge on any atom is 0.338 e. The zero-order valence-electron chi connectivity index (χ0n) is 12.8. The number of imidazole rings is 1. The summed E-state index contributed by atoms with van der Waals surface area (Å²) in [6.07, 6.45) is 0. The number of esters is 1. The van der Waals surface area contributed by atoms with Crippen LogP contribution in [0.15, 0.2) is 42.5 Å². The zero-order chi connectivity index (χ0) is 17.4. The van der Waals surface area contributed by atoms with Crippen LogP contribution < -0.4 is 9.47 Å². The van der Waals surface area contributed by atoms with Gasteiger partial charge in [-0.2, -0.15) is 8.78 Å². The lowest BCUT2D eigenvalue weighted by molar-refractivity contribution is 0.0387. The number of aromatic nitrogens is 2. The Morgan fingerprint density at radius 2 is 2.00 bits per heavy atom. The van der Waals surface area contributed by atoms with E-state index in [9.17, 15) is 13.6 Å². The van der Waals surface area contributed by atoms with Gasteiger partial charge in [0.1, 0.15) is 6.61 Å². The average Bonchev–Trinajstić information content (AvgIpc) is 3.22. The van der Waals surface area contributed by atoms with Crippen molar-refractivity contribution in [1.29, 1.82) is 0 Å². The van der Waals surface area contributed by atoms with Crippen molar-refractivity contribution < 1.29 is 27.8 Å². The van der Waals surface area contributed by atoms with Crippen LogP contribution >= 0.6 is 0 Å². The van der Waals surface area contributed by atoms with Gasteiger partial charge in [0.2, 0.25) is 6.79 Å². The Morgan fingerprint density at radius 3 is 2.84 bits per heavy atom. The summed E-state index contributed by atoms with van der Waals surface area (Å²) in [4.78, 5) is 16.3. The Morgan fingerprint density at radius 1 is 1.20 bits per heavy atom. The van der Waals surface area contributed by atoms with Gasteiger partial charge in [-0.05, 0) is 30.3 Å². The molecule has 4 rings (SSSR count). The van der Waals surface area contributed by atoms with E-state index in [2.05, 4.69) is 4.98 Å². The number of halogens is 2. The molecule has 2 heterocycles. The Hall–Kier alpha value is -3.16. The van der Waals surface area contributed by atoms with Gasteiger partial charge in [-0.25, -0.2) is 9.78 Å². The molecule has 0 saturated carbocycles. The lowest BCUT2D eigenvalue weighted by Crippen LogP contribution is -2.10. The van der Waals surface area contributed by atoms with Gasteiger partial charge in [0.15, 0.2) is 17.3 Å². The molecule has 3 aromatic rings. The Balaban J connectivity index is 1.56. The van der Waals surface area contributed by atoms with Crippen LogP contribution in [0.4, 0.5) is 8.78 Å². The summed E-state index contributed by atoms with van der Waals surface area (Å²) >= 11 is 0. The van der Waals surface area contributed by atoms with Crippen molar-refractivity contribution in [3.8, 4) is 11.5 Å². The van der Waals surface area contributed by atoms with Gasteiger partial charge in [-0.15, -0.1) is 0 Å². The molecule has 8 heteroatoms. The fourth-order valence-corrected chi connectivity index (χ4v) is 2.65. The number of carbonyl (C=O) groups excluding carboxylic acids is 1. The summed E-state index contributed by atoms with van der Waals surface area (Å²) in [7, 11) is 0. The van der Waals surface area contributed by atoms with E-state index in [4.69, 9.17) is 14.2 Å². The quantitative estimate of drug-likeness (QED) is 0.677. The molecule has 0 amide bonds. The number of hydrogen-bond acceptors (Lipinski definition) is 5. The van der Waals surface area contributed by atoms with E-state index in [0.717, 1.165) is 4.57 Å². The SMILES string of the molecule is O=C(OCc1nc2ccccc2n1C(F)F)c1ccc2c(c1)OCO2. The van der Waals surface area contributed by atoms with E-state index in [1.807, 2.05) is 0 Å². The summed E-state index contributed by atoms with van der Waals surface area (Å²) in [6, 6.07) is 11.1. The number of para-hydroxylation sites is 2. The van der Waals surface area contributed by atoms with Crippen molar-refractivity contribution in [2.75, 3.05) is 6.79 Å². The molecule has 0 aliphatic carbocycles. The van der Waals surface area contributed by atoms with Crippen LogP contribution in [0.25, 0.3) is 11.0 Å². The van der Waals surface area contributed by atoms with Gasteiger partial charge in [-0.3, -0.25) is 4.57 Å². The molecule has 128 valence electrons. The topological polar surface area (TPSA) is 62.6 Å². The molecule has 0 unspecified atom stereocenters. The van der Waals surface area contributed by atoms with E-state index in [-0.39, 0.29) is 30.3 Å². The predicted octanol–water partition coefficient (Wildman–Crippen LogP) is 3.52. The minimum absolute atomic E-state index is 0.0229. The summed E-state index contributed by atoms with van der Waals surface area (Å²) in [6.45, 7) is -3.06. The third-order valence-corrected chi connectivity index (χ3v) is 3.80. The fraction of sp³-hybridized carbons (Fsp3) is 0.176. The molecule has 25 heavy (non-hydrogen) atoms. The Labute approximate surface area is 140 Å². The third kappa shape index (κ3) is 2.75. The number of carbonyl (C=O) groups is 1. The lowest BCUT2D eigenvalue weighted by atomic mass is 10.2. The monoisotopic (exact) mass is 346 g/mol. The molecule has 0 fully saturated rings. The van der Waals surface area contributed by atoms with Gasteiger partial charge < -0.3 is 14.2 Å². The minimum Gasteiger partial charge on any atom is -0.454 e. The molecule has 0 atom stereocenters. The third-order valence-electron chi connectivity index (χ3n) is 3.80. The largest absolute Gasteiger partial charge is 0.454 e. The highest BCUT2D eigenvalue weighted by Crippen LogP contribution is 2.32. The molecule has 0 bridgehead atoms. The molecule has 0 N–H and O–H groups in total. The number of alkyl halides is 2. The second kappa shape index (κ2) is 6.04. The van der Waals surface area contributed by atoms with Crippen molar-refractivity contribution in [3.63, 3.8) is 0 Å². The first kappa shape index (κ1) is 15.4. The van der Waals surface area contributed by atoms with Gasteiger partial charge in [0, 0.05) is 0 Å². The molecule has 1 aliphatic heterocycles. The Bertz CT molecular complexity index is 955. The van der Waals surface area contributed by atoms with Crippen molar-refractivity contribution in [3.05, 3.63) is 53.9 Å². The molecular weight excluding hydrogens is 334 g/mol. The normalized spacial score (nSPS) is 12.8. The number of nitrogens with zero attached hydrogens (tertiary/aromatic N) is 2. The van der Waals surface area contributed by atoms with Crippen LogP contribution in [-0.2, 0) is 11.3 Å². The molecule has 0 spiro atoms. The van der Waals surface area contributed by atoms with Crippen LogP contribution in [0.5, 0.6) is 11.5 Å². The zero-order valence-corrected chi connectivity index (χ0v) is 12.8. The number of fused-ring (bicyclic) bond motifs is 2. The first-order chi connectivity index (χ1) is 12.1. The molecule has 2 aromatic carbocycles. The maximum atomic E-state index is 13.3. The van der Waals surface area contributed by atoms with E-state index in [0.29, 0.717) is 17.0 Å². The summed E-state index contributed by atoms with van der Waals surface area (Å²) in [5, 5.41) is 0. The first-order valence-electron chi connectivity index (χ1n) is 7.44. The number of ether oxygens (including phenoxy) is 3. The van der Waals surface area contributed by atoms with Gasteiger partial charge in [0.25, 0.3) is 0 Å². The van der Waals surface area contributed by atoms with Crippen LogP contribution in [-0.4, -0.2) is 22.3 Å². The van der Waals surface area contributed by atoms with Crippen molar-refractivity contribution >= 4 is 17.0 Å². The maximum absolute atomic E-state index is 13.3. The Kier molecular flexibility index (Phi) is 3.72. The van der Waals surface area contributed by atoms with Gasteiger partial charge in [0.05, 0.1) is 16.6 Å². The molecular formula is C17H12F2N2O4. The van der Waals surface area contributed by atoms with Crippen LogP contribution in [0.1, 0.15) is 22.7 Å². The number of hydrogen-bond donors (Lipinski definition) is 0. The fourth-order valence-electron chi connectivity index (χ4n) is 2.65. The van der Waals surface area contributed by atoms with E-state index >= 15 is 0 Å². The van der Waals surface area contributed by atoms with Crippen LogP contribution in [0, 0.1) is 0 Å². The average molecular weight is 346 g/mol. The standard InChI is InChI=1S/C17H12F2N2O4/c18-17(19)21-12-4-2-1-3-11(12)20-15(21)8-23-16(22)10-5-6-13-14(7-10)25-9-24-13/h1-7,17H,8-9H2. The highest BCUT2D eigenvalue weighted by molar-refractivity contribution is 5.90. The van der Waals surface area contributed by atoms with Crippen molar-refractivity contribution in [2.45, 2.75) is 13.2 Å².